The smallest absolute Gasteiger partial charge is 0.241 e. The van der Waals surface area contributed by atoms with E-state index in [9.17, 15) is 8.42 Å². The van der Waals surface area contributed by atoms with Crippen molar-refractivity contribution in [1.29, 1.82) is 0 Å². The average molecular weight is 378 g/mol. The Bertz CT molecular complexity index is 579. The molecular weight excluding hydrogens is 354 g/mol. The number of hydrogen-bond donors (Lipinski definition) is 1. The summed E-state index contributed by atoms with van der Waals surface area (Å²) in [7, 11) is -1.90. The van der Waals surface area contributed by atoms with Crippen molar-refractivity contribution >= 4 is 26.0 Å². The Hall–Kier alpha value is -0.430. The van der Waals surface area contributed by atoms with Crippen molar-refractivity contribution in [3.8, 4) is 0 Å². The minimum Gasteiger partial charge on any atom is -0.384 e. The Morgan fingerprint density at radius 1 is 1.33 bits per heavy atom. The van der Waals surface area contributed by atoms with Crippen LogP contribution in [-0.4, -0.2) is 27.7 Å². The summed E-state index contributed by atoms with van der Waals surface area (Å²) in [5, 5.41) is 0. The lowest BCUT2D eigenvalue weighted by Gasteiger charge is -2.22. The van der Waals surface area contributed by atoms with E-state index in [1.165, 1.54) is 0 Å². The van der Waals surface area contributed by atoms with Crippen LogP contribution in [0.3, 0.4) is 0 Å². The maximum absolute atomic E-state index is 12.6. The van der Waals surface area contributed by atoms with Crippen LogP contribution in [0.4, 0.5) is 0 Å². The van der Waals surface area contributed by atoms with Crippen LogP contribution in [-0.2, 0) is 21.2 Å². The Morgan fingerprint density at radius 3 is 2.48 bits per heavy atom. The second-order valence-corrected chi connectivity index (χ2v) is 8.94. The molecule has 0 aliphatic rings. The van der Waals surface area contributed by atoms with Crippen LogP contribution >= 0.6 is 15.9 Å². The molecule has 0 saturated heterocycles. The SMILES string of the molecule is COC[C@@H](C)Cc1ccc(Br)cc1S(=O)(=O)NC(C)(C)C. The number of sulfonamides is 1. The number of halogens is 1. The lowest BCUT2D eigenvalue weighted by atomic mass is 10.0. The summed E-state index contributed by atoms with van der Waals surface area (Å²) < 4.78 is 33.8. The quantitative estimate of drug-likeness (QED) is 0.826. The monoisotopic (exact) mass is 377 g/mol. The van der Waals surface area contributed by atoms with Crippen LogP contribution in [0.25, 0.3) is 0 Å². The summed E-state index contributed by atoms with van der Waals surface area (Å²) in [5.74, 6) is 0.250. The Balaban J connectivity index is 3.18. The number of benzene rings is 1. The van der Waals surface area contributed by atoms with Crippen molar-refractivity contribution in [2.75, 3.05) is 13.7 Å². The molecule has 1 atom stereocenters. The third-order valence-electron chi connectivity index (χ3n) is 2.78. The molecule has 0 aromatic heterocycles. The Kier molecular flexibility index (Phi) is 6.40. The van der Waals surface area contributed by atoms with Gasteiger partial charge in [-0.05, 0) is 50.8 Å². The summed E-state index contributed by atoms with van der Waals surface area (Å²) >= 11 is 3.35. The largest absolute Gasteiger partial charge is 0.384 e. The zero-order valence-electron chi connectivity index (χ0n) is 13.2. The van der Waals surface area contributed by atoms with E-state index < -0.39 is 15.6 Å². The average Bonchev–Trinajstić information content (AvgIpc) is 2.28. The molecule has 4 nitrogen and oxygen atoms in total. The molecule has 6 heteroatoms. The van der Waals surface area contributed by atoms with Crippen LogP contribution in [0.15, 0.2) is 27.6 Å². The number of rotatable bonds is 6. The van der Waals surface area contributed by atoms with Crippen LogP contribution < -0.4 is 4.72 Å². The maximum atomic E-state index is 12.6. The van der Waals surface area contributed by atoms with Gasteiger partial charge < -0.3 is 4.74 Å². The number of hydrogen-bond acceptors (Lipinski definition) is 3. The topological polar surface area (TPSA) is 55.4 Å². The van der Waals surface area contributed by atoms with Crippen LogP contribution in [0.1, 0.15) is 33.3 Å². The van der Waals surface area contributed by atoms with E-state index in [1.807, 2.05) is 39.8 Å². The summed E-state index contributed by atoms with van der Waals surface area (Å²) in [6.07, 6.45) is 0.654. The van der Waals surface area contributed by atoms with Gasteiger partial charge in [-0.2, -0.15) is 0 Å². The summed E-state index contributed by atoms with van der Waals surface area (Å²) in [4.78, 5) is 0.328. The summed E-state index contributed by atoms with van der Waals surface area (Å²) in [6, 6.07) is 5.38. The second kappa shape index (κ2) is 7.22. The van der Waals surface area contributed by atoms with Gasteiger partial charge in [-0.25, -0.2) is 13.1 Å². The van der Waals surface area contributed by atoms with E-state index in [-0.39, 0.29) is 5.92 Å². The molecule has 1 aromatic carbocycles. The fourth-order valence-corrected chi connectivity index (χ4v) is 4.33. The fraction of sp³-hybridized carbons (Fsp3) is 0.600. The molecule has 0 amide bonds. The number of methoxy groups -OCH3 is 1. The van der Waals surface area contributed by atoms with Crippen LogP contribution in [0, 0.1) is 5.92 Å². The fourth-order valence-electron chi connectivity index (χ4n) is 2.12. The molecule has 0 radical (unpaired) electrons. The molecule has 0 aliphatic carbocycles. The summed E-state index contributed by atoms with van der Waals surface area (Å²) in [5.41, 5.74) is 0.288. The van der Waals surface area contributed by atoms with Gasteiger partial charge in [-0.15, -0.1) is 0 Å². The van der Waals surface area contributed by atoms with Crippen molar-refractivity contribution < 1.29 is 13.2 Å². The highest BCUT2D eigenvalue weighted by atomic mass is 79.9. The van der Waals surface area contributed by atoms with Gasteiger partial charge in [0, 0.05) is 23.7 Å². The van der Waals surface area contributed by atoms with Gasteiger partial charge in [0.1, 0.15) is 0 Å². The lowest BCUT2D eigenvalue weighted by molar-refractivity contribution is 0.159. The zero-order valence-corrected chi connectivity index (χ0v) is 15.6. The molecule has 21 heavy (non-hydrogen) atoms. The molecule has 1 rings (SSSR count). The number of nitrogens with one attached hydrogen (secondary N) is 1. The molecule has 0 spiro atoms. The van der Waals surface area contributed by atoms with Gasteiger partial charge in [0.2, 0.25) is 10.0 Å². The molecule has 1 N–H and O–H groups in total. The first kappa shape index (κ1) is 18.6. The first-order chi connectivity index (χ1) is 9.55. The van der Waals surface area contributed by atoms with E-state index in [2.05, 4.69) is 20.7 Å². The Labute approximate surface area is 136 Å². The van der Waals surface area contributed by atoms with Gasteiger partial charge in [-0.1, -0.05) is 28.9 Å². The van der Waals surface area contributed by atoms with Gasteiger partial charge in [-0.3, -0.25) is 0 Å². The van der Waals surface area contributed by atoms with E-state index in [1.54, 1.807) is 13.2 Å². The molecule has 120 valence electrons. The molecule has 0 heterocycles. The molecule has 0 saturated carbocycles. The van der Waals surface area contributed by atoms with Gasteiger partial charge in [0.25, 0.3) is 0 Å². The highest BCUT2D eigenvalue weighted by molar-refractivity contribution is 9.10. The Morgan fingerprint density at radius 2 is 1.95 bits per heavy atom. The van der Waals surface area contributed by atoms with Gasteiger partial charge in [0.15, 0.2) is 0 Å². The molecule has 1 aromatic rings. The normalized spacial score (nSPS) is 14.2. The zero-order chi connectivity index (χ0) is 16.3. The molecular formula is C15H24BrNO3S. The van der Waals surface area contributed by atoms with Crippen molar-refractivity contribution in [3.63, 3.8) is 0 Å². The summed E-state index contributed by atoms with van der Waals surface area (Å²) in [6.45, 7) is 8.13. The minimum absolute atomic E-state index is 0.250. The first-order valence-corrected chi connectivity index (χ1v) is 9.14. The third-order valence-corrected chi connectivity index (χ3v) is 5.11. The predicted molar refractivity (Wildman–Crippen MR) is 89.0 cm³/mol. The second-order valence-electron chi connectivity index (χ2n) is 6.37. The molecule has 0 unspecified atom stereocenters. The number of ether oxygens (including phenoxy) is 1. The third kappa shape index (κ3) is 6.06. The molecule has 0 fully saturated rings. The van der Waals surface area contributed by atoms with Gasteiger partial charge >= 0.3 is 0 Å². The maximum Gasteiger partial charge on any atom is 0.241 e. The van der Waals surface area contributed by atoms with Gasteiger partial charge in [0.05, 0.1) is 4.90 Å². The highest BCUT2D eigenvalue weighted by Crippen LogP contribution is 2.24. The predicted octanol–water partition coefficient (Wildman–Crippen LogP) is 3.35. The van der Waals surface area contributed by atoms with E-state index in [4.69, 9.17) is 4.74 Å². The van der Waals surface area contributed by atoms with Crippen molar-refractivity contribution in [3.05, 3.63) is 28.2 Å². The molecule has 0 aliphatic heterocycles. The van der Waals surface area contributed by atoms with Crippen molar-refractivity contribution in [2.45, 2.75) is 44.6 Å². The van der Waals surface area contributed by atoms with E-state index in [0.717, 1.165) is 10.0 Å². The van der Waals surface area contributed by atoms with E-state index in [0.29, 0.717) is 17.9 Å². The van der Waals surface area contributed by atoms with Crippen LogP contribution in [0.5, 0.6) is 0 Å². The molecule has 0 bridgehead atoms. The van der Waals surface area contributed by atoms with Crippen LogP contribution in [0.2, 0.25) is 0 Å². The van der Waals surface area contributed by atoms with Crippen molar-refractivity contribution in [1.82, 2.24) is 4.72 Å². The minimum atomic E-state index is -3.55. The standard InChI is InChI=1S/C15H24BrNO3S/c1-11(10-20-5)8-12-6-7-13(16)9-14(12)21(18,19)17-15(2,3)4/h6-7,9,11,17H,8,10H2,1-5H3/t11-/m0/s1. The first-order valence-electron chi connectivity index (χ1n) is 6.86. The van der Waals surface area contributed by atoms with Crippen molar-refractivity contribution in [2.24, 2.45) is 5.92 Å². The highest BCUT2D eigenvalue weighted by Gasteiger charge is 2.25. The van der Waals surface area contributed by atoms with E-state index >= 15 is 0 Å². The lowest BCUT2D eigenvalue weighted by Crippen LogP contribution is -2.40.